The van der Waals surface area contributed by atoms with E-state index < -0.39 is 0 Å². The summed E-state index contributed by atoms with van der Waals surface area (Å²) in [7, 11) is 0. The first-order valence-electron chi connectivity index (χ1n) is 7.03. The van der Waals surface area contributed by atoms with E-state index >= 15 is 0 Å². The Labute approximate surface area is 101 Å². The lowest BCUT2D eigenvalue weighted by Gasteiger charge is -2.03. The van der Waals surface area contributed by atoms with Gasteiger partial charge >= 0.3 is 0 Å². The van der Waals surface area contributed by atoms with Crippen molar-refractivity contribution in [2.24, 2.45) is 0 Å². The Bertz CT molecular complexity index is 262. The lowest BCUT2D eigenvalue weighted by atomic mass is 10.0. The first-order valence-corrected chi connectivity index (χ1v) is 7.03. The predicted molar refractivity (Wildman–Crippen MR) is 71.9 cm³/mol. The zero-order valence-corrected chi connectivity index (χ0v) is 11.0. The van der Waals surface area contributed by atoms with Gasteiger partial charge in [-0.3, -0.25) is 0 Å². The number of H-pyrrole nitrogens is 1. The Morgan fingerprint density at radius 2 is 1.25 bits per heavy atom. The number of aromatic amines is 1. The summed E-state index contributed by atoms with van der Waals surface area (Å²) in [6, 6.07) is 0. The fraction of sp³-hybridized carbons (Fsp3) is 0.733. The minimum Gasteiger partial charge on any atom is -0.367 e. The lowest BCUT2D eigenvalue weighted by Crippen LogP contribution is -1.91. The lowest BCUT2D eigenvalue weighted by molar-refractivity contribution is 0.661. The molecule has 1 heteroatoms. The number of hydrogen-bond donors (Lipinski definition) is 1. The van der Waals surface area contributed by atoms with Gasteiger partial charge in [0.15, 0.2) is 0 Å². The Balaban J connectivity index is 2.26. The molecule has 0 atom stereocenters. The average molecular weight is 221 g/mol. The monoisotopic (exact) mass is 221 g/mol. The highest BCUT2D eigenvalue weighted by atomic mass is 14.6. The summed E-state index contributed by atoms with van der Waals surface area (Å²) in [4.78, 5) is 3.27. The highest BCUT2D eigenvalue weighted by Crippen LogP contribution is 2.15. The first-order chi connectivity index (χ1) is 7.88. The van der Waals surface area contributed by atoms with Crippen LogP contribution in [0.1, 0.15) is 69.9 Å². The smallest absolute Gasteiger partial charge is 0.00401 e. The maximum absolute atomic E-state index is 3.27. The highest BCUT2D eigenvalue weighted by Gasteiger charge is 2.02. The van der Waals surface area contributed by atoms with Crippen LogP contribution in [0.25, 0.3) is 0 Å². The normalized spacial score (nSPS) is 10.9. The summed E-state index contributed by atoms with van der Waals surface area (Å²) in [5.41, 5.74) is 3.12. The van der Waals surface area contributed by atoms with Crippen molar-refractivity contribution in [1.29, 1.82) is 0 Å². The highest BCUT2D eigenvalue weighted by molar-refractivity contribution is 5.23. The Hall–Kier alpha value is -0.720. The molecular formula is C15H27N. The molecule has 0 radical (unpaired) electrons. The first kappa shape index (κ1) is 13.3. The van der Waals surface area contributed by atoms with Crippen LogP contribution in [-0.2, 0) is 12.8 Å². The molecule has 0 fully saturated rings. The number of nitrogens with one attached hydrogen (secondary N) is 1. The van der Waals surface area contributed by atoms with Crippen LogP contribution >= 0.6 is 0 Å². The third-order valence-electron chi connectivity index (χ3n) is 3.28. The van der Waals surface area contributed by atoms with Gasteiger partial charge in [-0.25, -0.2) is 0 Å². The summed E-state index contributed by atoms with van der Waals surface area (Å²) < 4.78 is 0. The molecule has 0 unspecified atom stereocenters. The molecule has 0 saturated carbocycles. The van der Waals surface area contributed by atoms with E-state index in [0.29, 0.717) is 0 Å². The van der Waals surface area contributed by atoms with E-state index in [2.05, 4.69) is 31.2 Å². The summed E-state index contributed by atoms with van der Waals surface area (Å²) in [6.07, 6.45) is 16.4. The maximum atomic E-state index is 3.27. The van der Waals surface area contributed by atoms with Gasteiger partial charge in [0.25, 0.3) is 0 Å². The van der Waals surface area contributed by atoms with E-state index in [-0.39, 0.29) is 0 Å². The zero-order chi connectivity index (χ0) is 11.6. The number of rotatable bonds is 9. The molecule has 1 rings (SSSR count). The summed E-state index contributed by atoms with van der Waals surface area (Å²) in [5, 5.41) is 0. The molecule has 1 N–H and O–H groups in total. The van der Waals surface area contributed by atoms with E-state index in [0.717, 1.165) is 0 Å². The van der Waals surface area contributed by atoms with Gasteiger partial charge in [0.05, 0.1) is 0 Å². The van der Waals surface area contributed by atoms with Crippen LogP contribution in [-0.4, -0.2) is 4.98 Å². The summed E-state index contributed by atoms with van der Waals surface area (Å²) >= 11 is 0. The van der Waals surface area contributed by atoms with E-state index in [1.807, 2.05) is 0 Å². The second-order valence-corrected chi connectivity index (χ2v) is 4.77. The number of aromatic nitrogens is 1. The van der Waals surface area contributed by atoms with Crippen molar-refractivity contribution in [1.82, 2.24) is 4.98 Å². The zero-order valence-electron chi connectivity index (χ0n) is 11.0. The largest absolute Gasteiger partial charge is 0.367 e. The minimum absolute atomic E-state index is 1.26. The fourth-order valence-electron chi connectivity index (χ4n) is 2.20. The van der Waals surface area contributed by atoms with Crippen molar-refractivity contribution < 1.29 is 0 Å². The van der Waals surface area contributed by atoms with E-state index in [4.69, 9.17) is 0 Å². The van der Waals surface area contributed by atoms with Gasteiger partial charge in [-0.2, -0.15) is 0 Å². The maximum Gasteiger partial charge on any atom is 0.00401 e. The van der Waals surface area contributed by atoms with Crippen LogP contribution in [0.4, 0.5) is 0 Å². The third kappa shape index (κ3) is 4.87. The molecule has 1 aromatic rings. The summed E-state index contributed by atoms with van der Waals surface area (Å²) in [5.74, 6) is 0. The molecule has 0 amide bonds. The SMILES string of the molecule is CCCCCCc1c[nH]cc1CCCCC. The van der Waals surface area contributed by atoms with Crippen molar-refractivity contribution in [3.8, 4) is 0 Å². The van der Waals surface area contributed by atoms with Gasteiger partial charge in [-0.1, -0.05) is 46.0 Å². The quantitative estimate of drug-likeness (QED) is 0.573. The molecule has 92 valence electrons. The van der Waals surface area contributed by atoms with Crippen LogP contribution in [0, 0.1) is 0 Å². The molecule has 0 bridgehead atoms. The van der Waals surface area contributed by atoms with Crippen molar-refractivity contribution in [3.05, 3.63) is 23.5 Å². The molecule has 1 heterocycles. The van der Waals surface area contributed by atoms with Crippen molar-refractivity contribution in [3.63, 3.8) is 0 Å². The van der Waals surface area contributed by atoms with Crippen LogP contribution in [0.2, 0.25) is 0 Å². The molecule has 0 spiro atoms. The van der Waals surface area contributed by atoms with Gasteiger partial charge in [0.2, 0.25) is 0 Å². The number of aryl methyl sites for hydroxylation is 2. The van der Waals surface area contributed by atoms with Crippen molar-refractivity contribution >= 4 is 0 Å². The fourth-order valence-corrected chi connectivity index (χ4v) is 2.20. The van der Waals surface area contributed by atoms with Gasteiger partial charge in [0.1, 0.15) is 0 Å². The number of hydrogen-bond acceptors (Lipinski definition) is 0. The Morgan fingerprint density at radius 1 is 0.750 bits per heavy atom. The predicted octanol–water partition coefficient (Wildman–Crippen LogP) is 4.87. The topological polar surface area (TPSA) is 15.8 Å². The molecule has 0 aliphatic heterocycles. The molecule has 0 aromatic carbocycles. The summed E-state index contributed by atoms with van der Waals surface area (Å²) in [6.45, 7) is 4.54. The molecule has 0 aliphatic rings. The molecular weight excluding hydrogens is 194 g/mol. The number of unbranched alkanes of at least 4 members (excludes halogenated alkanes) is 5. The molecule has 0 aliphatic carbocycles. The Morgan fingerprint density at radius 3 is 1.81 bits per heavy atom. The van der Waals surface area contributed by atoms with Crippen LogP contribution in [0.5, 0.6) is 0 Å². The van der Waals surface area contributed by atoms with E-state index in [9.17, 15) is 0 Å². The minimum atomic E-state index is 1.26. The third-order valence-corrected chi connectivity index (χ3v) is 3.28. The molecule has 1 nitrogen and oxygen atoms in total. The van der Waals surface area contributed by atoms with Gasteiger partial charge in [0, 0.05) is 12.4 Å². The molecule has 16 heavy (non-hydrogen) atoms. The average Bonchev–Trinajstić information content (AvgIpc) is 2.73. The second-order valence-electron chi connectivity index (χ2n) is 4.77. The Kier molecular flexibility index (Phi) is 7.03. The van der Waals surface area contributed by atoms with Crippen LogP contribution in [0.15, 0.2) is 12.4 Å². The van der Waals surface area contributed by atoms with E-state index in [1.165, 1.54) is 57.8 Å². The standard InChI is InChI=1S/C15H27N/c1-3-5-7-9-11-15-13-16-12-14(15)10-8-6-4-2/h12-13,16H,3-11H2,1-2H3. The molecule has 1 aromatic heterocycles. The van der Waals surface area contributed by atoms with Gasteiger partial charge < -0.3 is 4.98 Å². The van der Waals surface area contributed by atoms with E-state index in [1.54, 1.807) is 11.1 Å². The van der Waals surface area contributed by atoms with Crippen LogP contribution in [0.3, 0.4) is 0 Å². The van der Waals surface area contributed by atoms with Gasteiger partial charge in [-0.15, -0.1) is 0 Å². The van der Waals surface area contributed by atoms with Crippen molar-refractivity contribution in [2.45, 2.75) is 71.6 Å². The van der Waals surface area contributed by atoms with Crippen LogP contribution < -0.4 is 0 Å². The van der Waals surface area contributed by atoms with Crippen molar-refractivity contribution in [2.75, 3.05) is 0 Å². The second kappa shape index (κ2) is 8.43. The van der Waals surface area contributed by atoms with Gasteiger partial charge in [-0.05, 0) is 36.8 Å². The molecule has 0 saturated heterocycles.